The number of pyridine rings is 1. The third-order valence-corrected chi connectivity index (χ3v) is 6.61. The van der Waals surface area contributed by atoms with E-state index in [2.05, 4.69) is 65.8 Å². The Kier molecular flexibility index (Phi) is 6.27. The molecule has 0 atom stereocenters. The predicted molar refractivity (Wildman–Crippen MR) is 133 cm³/mol. The molecule has 0 saturated carbocycles. The number of rotatable bonds is 4. The quantitative estimate of drug-likeness (QED) is 0.348. The molecule has 0 unspecified atom stereocenters. The standard InChI is InChI=1S/C26H26ClN3.ClH/c1-3-24-18(2)23-12-14-28-26(29-15-13-20-6-4-5-7-21(20)17-29)25(23)30(24)16-19-8-10-22(27)11-9-19;/h4-12,14H,3,13,15-17H2,1-2H3;1H. The second-order valence-corrected chi connectivity index (χ2v) is 8.55. The van der Waals surface area contributed by atoms with Crippen molar-refractivity contribution in [2.75, 3.05) is 11.4 Å². The summed E-state index contributed by atoms with van der Waals surface area (Å²) in [4.78, 5) is 7.34. The molecule has 2 aromatic carbocycles. The molecule has 3 heterocycles. The molecule has 5 rings (SSSR count). The van der Waals surface area contributed by atoms with E-state index in [1.807, 2.05) is 18.3 Å². The lowest BCUT2D eigenvalue weighted by atomic mass is 10.00. The molecule has 0 aliphatic carbocycles. The smallest absolute Gasteiger partial charge is 0.153 e. The van der Waals surface area contributed by atoms with Crippen LogP contribution in [0.4, 0.5) is 5.82 Å². The van der Waals surface area contributed by atoms with Crippen LogP contribution in [0.25, 0.3) is 10.9 Å². The van der Waals surface area contributed by atoms with Crippen molar-refractivity contribution < 1.29 is 0 Å². The van der Waals surface area contributed by atoms with Gasteiger partial charge in [-0.05, 0) is 60.2 Å². The van der Waals surface area contributed by atoms with E-state index in [1.54, 1.807) is 0 Å². The third-order valence-electron chi connectivity index (χ3n) is 6.36. The van der Waals surface area contributed by atoms with Crippen molar-refractivity contribution in [3.05, 3.63) is 93.8 Å². The maximum absolute atomic E-state index is 6.12. The number of hydrogen-bond acceptors (Lipinski definition) is 2. The Morgan fingerprint density at radius 3 is 2.48 bits per heavy atom. The molecule has 0 saturated heterocycles. The van der Waals surface area contributed by atoms with Crippen LogP contribution in [0.15, 0.2) is 60.8 Å². The molecule has 0 fully saturated rings. The normalized spacial score (nSPS) is 13.2. The molecule has 31 heavy (non-hydrogen) atoms. The van der Waals surface area contributed by atoms with Crippen molar-refractivity contribution in [2.45, 2.75) is 39.8 Å². The van der Waals surface area contributed by atoms with E-state index in [1.165, 1.54) is 38.9 Å². The van der Waals surface area contributed by atoms with Gasteiger partial charge in [0.25, 0.3) is 0 Å². The highest BCUT2D eigenvalue weighted by atomic mass is 35.5. The third kappa shape index (κ3) is 3.93. The molecule has 0 spiro atoms. The monoisotopic (exact) mass is 451 g/mol. The van der Waals surface area contributed by atoms with E-state index in [9.17, 15) is 0 Å². The predicted octanol–water partition coefficient (Wildman–Crippen LogP) is 6.59. The minimum atomic E-state index is 0. The zero-order chi connectivity index (χ0) is 20.7. The molecule has 0 bridgehead atoms. The van der Waals surface area contributed by atoms with Crippen LogP contribution in [0.2, 0.25) is 5.02 Å². The van der Waals surface area contributed by atoms with Crippen LogP contribution in [0.1, 0.15) is 34.9 Å². The summed E-state index contributed by atoms with van der Waals surface area (Å²) in [5, 5.41) is 2.09. The number of hydrogen-bond donors (Lipinski definition) is 0. The first-order valence-electron chi connectivity index (χ1n) is 10.7. The number of aryl methyl sites for hydroxylation is 1. The Balaban J connectivity index is 0.00000231. The van der Waals surface area contributed by atoms with Crippen LogP contribution in [-0.2, 0) is 25.9 Å². The first-order valence-corrected chi connectivity index (χ1v) is 11.1. The van der Waals surface area contributed by atoms with E-state index in [0.717, 1.165) is 43.3 Å². The van der Waals surface area contributed by atoms with Crippen molar-refractivity contribution in [2.24, 2.45) is 0 Å². The highest BCUT2D eigenvalue weighted by Crippen LogP contribution is 2.35. The number of benzene rings is 2. The fraction of sp³-hybridized carbons (Fsp3) is 0.269. The molecular weight excluding hydrogens is 425 g/mol. The fourth-order valence-corrected chi connectivity index (χ4v) is 4.94. The van der Waals surface area contributed by atoms with Gasteiger partial charge in [-0.1, -0.05) is 54.9 Å². The summed E-state index contributed by atoms with van der Waals surface area (Å²) in [5.74, 6) is 1.10. The average Bonchev–Trinajstić information content (AvgIpc) is 3.06. The number of halogens is 2. The van der Waals surface area contributed by atoms with Crippen molar-refractivity contribution in [3.63, 3.8) is 0 Å². The van der Waals surface area contributed by atoms with E-state index in [0.29, 0.717) is 0 Å². The van der Waals surface area contributed by atoms with Gasteiger partial charge in [0.1, 0.15) is 0 Å². The summed E-state index contributed by atoms with van der Waals surface area (Å²) < 4.78 is 2.47. The molecule has 160 valence electrons. The molecule has 3 nitrogen and oxygen atoms in total. The first-order chi connectivity index (χ1) is 14.7. The number of anilines is 1. The van der Waals surface area contributed by atoms with Crippen molar-refractivity contribution >= 4 is 40.7 Å². The van der Waals surface area contributed by atoms with E-state index in [4.69, 9.17) is 16.6 Å². The summed E-state index contributed by atoms with van der Waals surface area (Å²) in [7, 11) is 0. The summed E-state index contributed by atoms with van der Waals surface area (Å²) in [6.07, 6.45) is 4.03. The van der Waals surface area contributed by atoms with Crippen LogP contribution in [-0.4, -0.2) is 16.1 Å². The molecule has 1 aliphatic heterocycles. The molecular formula is C26H27Cl2N3. The van der Waals surface area contributed by atoms with Gasteiger partial charge in [0.15, 0.2) is 5.82 Å². The van der Waals surface area contributed by atoms with Crippen molar-refractivity contribution in [1.82, 2.24) is 9.55 Å². The molecule has 0 amide bonds. The van der Waals surface area contributed by atoms with Crippen LogP contribution < -0.4 is 4.90 Å². The minimum Gasteiger partial charge on any atom is -0.350 e. The molecule has 0 radical (unpaired) electrons. The second-order valence-electron chi connectivity index (χ2n) is 8.11. The average molecular weight is 452 g/mol. The SMILES string of the molecule is CCc1c(C)c2ccnc(N3CCc4ccccc4C3)c2n1Cc1ccc(Cl)cc1.Cl. The summed E-state index contributed by atoms with van der Waals surface area (Å²) in [5.41, 5.74) is 8.12. The maximum atomic E-state index is 6.12. The van der Waals surface area contributed by atoms with Crippen molar-refractivity contribution in [1.29, 1.82) is 0 Å². The van der Waals surface area contributed by atoms with E-state index in [-0.39, 0.29) is 12.4 Å². The van der Waals surface area contributed by atoms with Gasteiger partial charge in [0.2, 0.25) is 0 Å². The molecule has 0 N–H and O–H groups in total. The maximum Gasteiger partial charge on any atom is 0.153 e. The van der Waals surface area contributed by atoms with Gasteiger partial charge in [-0.15, -0.1) is 12.4 Å². The highest BCUT2D eigenvalue weighted by Gasteiger charge is 2.23. The Bertz CT molecular complexity index is 1210. The summed E-state index contributed by atoms with van der Waals surface area (Å²) in [6.45, 7) is 7.22. The Labute approximate surface area is 195 Å². The Hall–Kier alpha value is -2.49. The van der Waals surface area contributed by atoms with Crippen molar-refractivity contribution in [3.8, 4) is 0 Å². The van der Waals surface area contributed by atoms with E-state index < -0.39 is 0 Å². The zero-order valence-electron chi connectivity index (χ0n) is 17.9. The van der Waals surface area contributed by atoms with Crippen LogP contribution in [0, 0.1) is 6.92 Å². The number of nitrogens with zero attached hydrogens (tertiary/aromatic N) is 3. The van der Waals surface area contributed by atoms with Gasteiger partial charge in [0, 0.05) is 41.9 Å². The lowest BCUT2D eigenvalue weighted by molar-refractivity contribution is 0.715. The van der Waals surface area contributed by atoms with Crippen LogP contribution in [0.5, 0.6) is 0 Å². The minimum absolute atomic E-state index is 0. The second kappa shape index (κ2) is 8.94. The summed E-state index contributed by atoms with van der Waals surface area (Å²) >= 11 is 6.12. The van der Waals surface area contributed by atoms with Gasteiger partial charge in [-0.3, -0.25) is 0 Å². The highest BCUT2D eigenvalue weighted by molar-refractivity contribution is 6.30. The largest absolute Gasteiger partial charge is 0.350 e. The molecule has 5 heteroatoms. The van der Waals surface area contributed by atoms with Gasteiger partial charge in [-0.25, -0.2) is 4.98 Å². The number of aromatic nitrogens is 2. The van der Waals surface area contributed by atoms with Gasteiger partial charge in [0.05, 0.1) is 5.52 Å². The van der Waals surface area contributed by atoms with Gasteiger partial charge >= 0.3 is 0 Å². The van der Waals surface area contributed by atoms with Crippen LogP contribution >= 0.6 is 24.0 Å². The van der Waals surface area contributed by atoms with Crippen LogP contribution in [0.3, 0.4) is 0 Å². The Morgan fingerprint density at radius 2 is 1.74 bits per heavy atom. The first kappa shape index (κ1) is 21.7. The lowest BCUT2D eigenvalue weighted by Crippen LogP contribution is -2.31. The topological polar surface area (TPSA) is 21.1 Å². The van der Waals surface area contributed by atoms with Gasteiger partial charge < -0.3 is 9.47 Å². The lowest BCUT2D eigenvalue weighted by Gasteiger charge is -2.30. The fourth-order valence-electron chi connectivity index (χ4n) is 4.82. The van der Waals surface area contributed by atoms with Gasteiger partial charge in [-0.2, -0.15) is 0 Å². The number of fused-ring (bicyclic) bond motifs is 2. The Morgan fingerprint density at radius 1 is 1.00 bits per heavy atom. The molecule has 4 aromatic rings. The van der Waals surface area contributed by atoms with E-state index >= 15 is 0 Å². The molecule has 2 aromatic heterocycles. The zero-order valence-corrected chi connectivity index (χ0v) is 19.5. The molecule has 1 aliphatic rings. The summed E-state index contributed by atoms with van der Waals surface area (Å²) in [6, 6.07) is 19.1.